The van der Waals surface area contributed by atoms with Crippen LogP contribution in [0.4, 0.5) is 4.39 Å². The molecule has 1 atom stereocenters. The van der Waals surface area contributed by atoms with E-state index in [2.05, 4.69) is 25.8 Å². The SMILES string of the molecule is CCOC[C@H](C)N=C(N=C1CC(C)=NN1)NC(=O)c1ccc(Cl)c(F)c1. The molecular weight excluding hydrogens is 361 g/mol. The number of amidine groups is 1. The molecule has 0 aromatic heterocycles. The van der Waals surface area contributed by atoms with Crippen LogP contribution >= 0.6 is 11.6 Å². The van der Waals surface area contributed by atoms with Crippen molar-refractivity contribution in [3.8, 4) is 0 Å². The lowest BCUT2D eigenvalue weighted by molar-refractivity contribution is 0.0975. The number of guanidine groups is 1. The average Bonchev–Trinajstić information content (AvgIpc) is 3.00. The van der Waals surface area contributed by atoms with Gasteiger partial charge in [0.2, 0.25) is 5.96 Å². The predicted octanol–water partition coefficient (Wildman–Crippen LogP) is 2.76. The third-order valence-electron chi connectivity index (χ3n) is 3.35. The fourth-order valence-corrected chi connectivity index (χ4v) is 2.23. The van der Waals surface area contributed by atoms with Crippen molar-refractivity contribution in [2.45, 2.75) is 33.2 Å². The number of aliphatic imine (C=N–C) groups is 2. The van der Waals surface area contributed by atoms with Crippen LogP contribution in [0.25, 0.3) is 0 Å². The quantitative estimate of drug-likeness (QED) is 0.607. The van der Waals surface area contributed by atoms with Crippen LogP contribution in [0.3, 0.4) is 0 Å². The summed E-state index contributed by atoms with van der Waals surface area (Å²) in [5, 5.41) is 6.58. The second-order valence-corrected chi connectivity index (χ2v) is 6.15. The van der Waals surface area contributed by atoms with Crippen molar-refractivity contribution in [1.82, 2.24) is 10.7 Å². The van der Waals surface area contributed by atoms with Crippen LogP contribution in [-0.4, -0.2) is 42.7 Å². The molecule has 26 heavy (non-hydrogen) atoms. The minimum Gasteiger partial charge on any atom is -0.380 e. The number of nitrogens with zero attached hydrogens (tertiary/aromatic N) is 3. The number of ether oxygens (including phenoxy) is 1. The Morgan fingerprint density at radius 2 is 2.31 bits per heavy atom. The molecule has 9 heteroatoms. The maximum atomic E-state index is 13.6. The lowest BCUT2D eigenvalue weighted by atomic mass is 10.2. The van der Waals surface area contributed by atoms with Crippen LogP contribution in [0, 0.1) is 5.82 Å². The number of rotatable bonds is 5. The lowest BCUT2D eigenvalue weighted by Crippen LogP contribution is -2.32. The molecule has 0 aliphatic carbocycles. The second kappa shape index (κ2) is 9.40. The fraction of sp³-hybridized carbons (Fsp3) is 0.412. The molecular formula is C17H21ClFN5O2. The van der Waals surface area contributed by atoms with Crippen molar-refractivity contribution < 1.29 is 13.9 Å². The number of amides is 1. The smallest absolute Gasteiger partial charge is 0.258 e. The largest absolute Gasteiger partial charge is 0.380 e. The highest BCUT2D eigenvalue weighted by Crippen LogP contribution is 2.15. The van der Waals surface area contributed by atoms with Crippen LogP contribution < -0.4 is 10.7 Å². The number of halogens is 2. The van der Waals surface area contributed by atoms with Gasteiger partial charge in [-0.05, 0) is 39.0 Å². The molecule has 0 bridgehead atoms. The molecule has 0 spiro atoms. The van der Waals surface area contributed by atoms with Gasteiger partial charge in [0.15, 0.2) is 0 Å². The van der Waals surface area contributed by atoms with Gasteiger partial charge in [-0.25, -0.2) is 9.38 Å². The van der Waals surface area contributed by atoms with Crippen molar-refractivity contribution in [1.29, 1.82) is 0 Å². The number of hydrogen-bond acceptors (Lipinski definition) is 4. The Morgan fingerprint density at radius 3 is 2.92 bits per heavy atom. The summed E-state index contributed by atoms with van der Waals surface area (Å²) in [6.45, 7) is 6.54. The Balaban J connectivity index is 2.18. The van der Waals surface area contributed by atoms with E-state index in [1.165, 1.54) is 12.1 Å². The lowest BCUT2D eigenvalue weighted by Gasteiger charge is -2.10. The standard InChI is InChI=1S/C17H21ClFN5O2/c1-4-26-9-11(3)20-17(21-15-7-10(2)23-24-15)22-16(25)12-5-6-13(18)14(19)8-12/h5-6,8,11H,4,7,9H2,1-3H3,(H2,20,21,22,24,25)/t11-/m0/s1. The van der Waals surface area contributed by atoms with Crippen molar-refractivity contribution >= 4 is 35.0 Å². The highest BCUT2D eigenvalue weighted by Gasteiger charge is 2.15. The van der Waals surface area contributed by atoms with E-state index < -0.39 is 11.7 Å². The summed E-state index contributed by atoms with van der Waals surface area (Å²) in [7, 11) is 0. The van der Waals surface area contributed by atoms with Gasteiger partial charge in [-0.1, -0.05) is 11.6 Å². The molecule has 140 valence electrons. The predicted molar refractivity (Wildman–Crippen MR) is 101 cm³/mol. The van der Waals surface area contributed by atoms with Gasteiger partial charge in [0.1, 0.15) is 11.7 Å². The van der Waals surface area contributed by atoms with Crippen LogP contribution in [0.2, 0.25) is 5.02 Å². The molecule has 0 saturated heterocycles. The summed E-state index contributed by atoms with van der Waals surface area (Å²) in [4.78, 5) is 21.1. The highest BCUT2D eigenvalue weighted by atomic mass is 35.5. The number of nitrogens with one attached hydrogen (secondary N) is 2. The normalized spacial score (nSPS) is 17.0. The van der Waals surface area contributed by atoms with E-state index in [1.807, 2.05) is 20.8 Å². The Morgan fingerprint density at radius 1 is 1.54 bits per heavy atom. The first-order valence-corrected chi connectivity index (χ1v) is 8.55. The van der Waals surface area contributed by atoms with Gasteiger partial charge in [-0.3, -0.25) is 15.5 Å². The Hall–Kier alpha value is -2.32. The number of benzene rings is 1. The molecule has 1 aromatic carbocycles. The molecule has 2 rings (SSSR count). The van der Waals surface area contributed by atoms with E-state index >= 15 is 0 Å². The molecule has 1 heterocycles. The zero-order valence-corrected chi connectivity index (χ0v) is 15.6. The molecule has 7 nitrogen and oxygen atoms in total. The van der Waals surface area contributed by atoms with E-state index in [0.29, 0.717) is 25.5 Å². The summed E-state index contributed by atoms with van der Waals surface area (Å²) < 4.78 is 18.9. The third-order valence-corrected chi connectivity index (χ3v) is 3.66. The van der Waals surface area contributed by atoms with E-state index in [4.69, 9.17) is 16.3 Å². The minimum absolute atomic E-state index is 0.0520. The molecule has 1 aliphatic heterocycles. The fourth-order valence-electron chi connectivity index (χ4n) is 2.11. The molecule has 1 aromatic rings. The van der Waals surface area contributed by atoms with Gasteiger partial charge in [0.25, 0.3) is 5.91 Å². The van der Waals surface area contributed by atoms with E-state index in [1.54, 1.807) is 0 Å². The van der Waals surface area contributed by atoms with Crippen LogP contribution in [-0.2, 0) is 4.74 Å². The zero-order valence-electron chi connectivity index (χ0n) is 14.8. The van der Waals surface area contributed by atoms with E-state index in [-0.39, 0.29) is 22.6 Å². The van der Waals surface area contributed by atoms with Crippen LogP contribution in [0.1, 0.15) is 37.6 Å². The maximum Gasteiger partial charge on any atom is 0.258 e. The first kappa shape index (κ1) is 20.0. The molecule has 1 aliphatic rings. The minimum atomic E-state index is -0.671. The molecule has 1 amide bonds. The summed E-state index contributed by atoms with van der Waals surface area (Å²) in [5.74, 6) is -0.546. The Labute approximate surface area is 156 Å². The number of hydrogen-bond donors (Lipinski definition) is 2. The van der Waals surface area contributed by atoms with Crippen LogP contribution in [0.5, 0.6) is 0 Å². The summed E-state index contributed by atoms with van der Waals surface area (Å²) in [6, 6.07) is 3.59. The molecule has 0 radical (unpaired) electrons. The summed E-state index contributed by atoms with van der Waals surface area (Å²) in [5.41, 5.74) is 3.77. The highest BCUT2D eigenvalue weighted by molar-refractivity contribution is 6.30. The molecule has 0 saturated carbocycles. The number of carbonyl (C=O) groups is 1. The summed E-state index contributed by atoms with van der Waals surface area (Å²) >= 11 is 5.65. The van der Waals surface area contributed by atoms with Gasteiger partial charge in [0, 0.05) is 24.3 Å². The molecule has 0 unspecified atom stereocenters. The Kier molecular flexibility index (Phi) is 7.23. The van der Waals surface area contributed by atoms with Crippen molar-refractivity contribution in [2.75, 3.05) is 13.2 Å². The van der Waals surface area contributed by atoms with Crippen molar-refractivity contribution in [2.24, 2.45) is 15.1 Å². The monoisotopic (exact) mass is 381 g/mol. The first-order chi connectivity index (χ1) is 12.4. The van der Waals surface area contributed by atoms with E-state index in [9.17, 15) is 9.18 Å². The number of carbonyl (C=O) groups excluding carboxylic acids is 1. The first-order valence-electron chi connectivity index (χ1n) is 8.17. The second-order valence-electron chi connectivity index (χ2n) is 5.74. The molecule has 0 fully saturated rings. The van der Waals surface area contributed by atoms with E-state index in [0.717, 1.165) is 11.8 Å². The number of hydrazone groups is 1. The third kappa shape index (κ3) is 5.89. The Bertz CT molecular complexity index is 764. The zero-order chi connectivity index (χ0) is 19.1. The van der Waals surface area contributed by atoms with Crippen molar-refractivity contribution in [3.63, 3.8) is 0 Å². The van der Waals surface area contributed by atoms with Gasteiger partial charge in [0.05, 0.1) is 17.7 Å². The van der Waals surface area contributed by atoms with Crippen LogP contribution in [0.15, 0.2) is 33.3 Å². The van der Waals surface area contributed by atoms with Gasteiger partial charge >= 0.3 is 0 Å². The summed E-state index contributed by atoms with van der Waals surface area (Å²) in [6.07, 6.45) is 0.532. The van der Waals surface area contributed by atoms with Gasteiger partial charge in [-0.15, -0.1) is 0 Å². The van der Waals surface area contributed by atoms with Crippen molar-refractivity contribution in [3.05, 3.63) is 34.6 Å². The van der Waals surface area contributed by atoms with Gasteiger partial charge in [-0.2, -0.15) is 10.1 Å². The average molecular weight is 382 g/mol. The maximum absolute atomic E-state index is 13.6. The van der Waals surface area contributed by atoms with Gasteiger partial charge < -0.3 is 4.74 Å². The topological polar surface area (TPSA) is 87.4 Å². The molecule has 2 N–H and O–H groups in total.